The van der Waals surface area contributed by atoms with Gasteiger partial charge in [-0.2, -0.15) is 0 Å². The van der Waals surface area contributed by atoms with Crippen molar-refractivity contribution in [1.29, 1.82) is 0 Å². The van der Waals surface area contributed by atoms with Gasteiger partial charge in [0.2, 0.25) is 5.91 Å². The third-order valence-corrected chi connectivity index (χ3v) is 5.62. The zero-order chi connectivity index (χ0) is 18.6. The maximum atomic E-state index is 13.0. The lowest BCUT2D eigenvalue weighted by molar-refractivity contribution is -0.137. The van der Waals surface area contributed by atoms with Crippen LogP contribution in [0.15, 0.2) is 24.5 Å². The van der Waals surface area contributed by atoms with Crippen molar-refractivity contribution in [1.82, 2.24) is 24.4 Å². The van der Waals surface area contributed by atoms with Crippen LogP contribution in [0.3, 0.4) is 0 Å². The molecule has 0 saturated carbocycles. The number of methoxy groups -OCH3 is 1. The first kappa shape index (κ1) is 18.2. The molecule has 1 amide bonds. The summed E-state index contributed by atoms with van der Waals surface area (Å²) < 4.78 is 6.97. The highest BCUT2D eigenvalue weighted by molar-refractivity contribution is 5.79. The van der Waals surface area contributed by atoms with Crippen LogP contribution in [0.4, 0.5) is 5.82 Å². The zero-order valence-electron chi connectivity index (χ0n) is 16.0. The molecule has 8 nitrogen and oxygen atoms in total. The Kier molecular flexibility index (Phi) is 5.54. The van der Waals surface area contributed by atoms with Crippen molar-refractivity contribution in [2.45, 2.75) is 12.8 Å². The Morgan fingerprint density at radius 3 is 2.89 bits per heavy atom. The normalized spacial score (nSPS) is 21.7. The Bertz CT molecular complexity index is 770. The molecular formula is C19H28N6O2. The minimum Gasteiger partial charge on any atom is -0.383 e. The number of ether oxygens (including phenoxy) is 1. The number of piperazine rings is 1. The van der Waals surface area contributed by atoms with E-state index in [4.69, 9.17) is 4.74 Å². The Morgan fingerprint density at radius 1 is 1.22 bits per heavy atom. The average molecular weight is 372 g/mol. The largest absolute Gasteiger partial charge is 0.383 e. The maximum absolute atomic E-state index is 13.0. The summed E-state index contributed by atoms with van der Waals surface area (Å²) in [6, 6.07) is 3.99. The molecule has 0 aromatic carbocycles. The molecule has 0 radical (unpaired) electrons. The van der Waals surface area contributed by atoms with Gasteiger partial charge in [0.1, 0.15) is 5.82 Å². The summed E-state index contributed by atoms with van der Waals surface area (Å²) in [5.41, 5.74) is 0.850. The predicted octanol–water partition coefficient (Wildman–Crippen LogP) is 0.736. The van der Waals surface area contributed by atoms with Crippen molar-refractivity contribution in [3.8, 4) is 0 Å². The summed E-state index contributed by atoms with van der Waals surface area (Å²) >= 11 is 0. The topological polar surface area (TPSA) is 66.2 Å². The molecule has 0 bridgehead atoms. The van der Waals surface area contributed by atoms with E-state index in [2.05, 4.69) is 19.9 Å². The number of amides is 1. The van der Waals surface area contributed by atoms with Crippen molar-refractivity contribution in [3.63, 3.8) is 0 Å². The van der Waals surface area contributed by atoms with Gasteiger partial charge < -0.3 is 19.4 Å². The van der Waals surface area contributed by atoms with E-state index < -0.39 is 0 Å². The van der Waals surface area contributed by atoms with Crippen LogP contribution in [0.2, 0.25) is 0 Å². The van der Waals surface area contributed by atoms with Gasteiger partial charge in [-0.05, 0) is 31.5 Å². The number of anilines is 1. The fourth-order valence-corrected chi connectivity index (χ4v) is 4.07. The van der Waals surface area contributed by atoms with Crippen molar-refractivity contribution in [3.05, 3.63) is 24.5 Å². The lowest BCUT2D eigenvalue weighted by atomic mass is 9.96. The first-order valence-electron chi connectivity index (χ1n) is 9.80. The van der Waals surface area contributed by atoms with Crippen LogP contribution >= 0.6 is 0 Å². The molecule has 27 heavy (non-hydrogen) atoms. The van der Waals surface area contributed by atoms with E-state index in [9.17, 15) is 4.79 Å². The fourth-order valence-electron chi connectivity index (χ4n) is 4.07. The van der Waals surface area contributed by atoms with Gasteiger partial charge in [-0.25, -0.2) is 9.50 Å². The summed E-state index contributed by atoms with van der Waals surface area (Å²) in [6.07, 6.45) is 5.70. The second-order valence-corrected chi connectivity index (χ2v) is 7.37. The number of aromatic nitrogens is 3. The first-order chi connectivity index (χ1) is 13.2. The summed E-state index contributed by atoms with van der Waals surface area (Å²) in [7, 11) is 1.73. The van der Waals surface area contributed by atoms with E-state index in [0.717, 1.165) is 76.7 Å². The molecule has 2 aliphatic heterocycles. The standard InChI is InChI=1S/C19H28N6O2/c1-27-14-13-22-7-2-3-16(15-22)19(26)24-11-9-23(10-12-24)18-5-4-17-20-6-8-25(17)21-18/h4-6,8,16H,2-3,7,9-15H2,1H3/t16-/m1/s1. The number of hydrogen-bond acceptors (Lipinski definition) is 6. The van der Waals surface area contributed by atoms with Crippen molar-refractivity contribution < 1.29 is 9.53 Å². The van der Waals surface area contributed by atoms with Gasteiger partial charge >= 0.3 is 0 Å². The van der Waals surface area contributed by atoms with Crippen LogP contribution < -0.4 is 4.90 Å². The number of fused-ring (bicyclic) bond motifs is 1. The Balaban J connectivity index is 1.32. The van der Waals surface area contributed by atoms with Crippen LogP contribution in [0, 0.1) is 5.92 Å². The van der Waals surface area contributed by atoms with Gasteiger partial charge in [0.15, 0.2) is 5.65 Å². The number of carbonyl (C=O) groups is 1. The zero-order valence-corrected chi connectivity index (χ0v) is 16.0. The molecule has 0 unspecified atom stereocenters. The molecule has 0 N–H and O–H groups in total. The van der Waals surface area contributed by atoms with E-state index in [0.29, 0.717) is 5.91 Å². The third-order valence-electron chi connectivity index (χ3n) is 5.62. The summed E-state index contributed by atoms with van der Waals surface area (Å²) in [5, 5.41) is 4.62. The average Bonchev–Trinajstić information content (AvgIpc) is 3.20. The summed E-state index contributed by atoms with van der Waals surface area (Å²) in [6.45, 7) is 6.74. The number of imidazole rings is 1. The number of hydrogen-bond donors (Lipinski definition) is 0. The van der Waals surface area contributed by atoms with Gasteiger partial charge in [0.05, 0.1) is 12.5 Å². The molecule has 146 valence electrons. The molecule has 0 aliphatic carbocycles. The number of carbonyl (C=O) groups excluding carboxylic acids is 1. The van der Waals surface area contributed by atoms with Gasteiger partial charge in [0, 0.05) is 58.8 Å². The molecule has 0 spiro atoms. The molecule has 2 aliphatic rings. The maximum Gasteiger partial charge on any atom is 0.227 e. The van der Waals surface area contributed by atoms with Gasteiger partial charge in [0.25, 0.3) is 0 Å². The number of nitrogens with zero attached hydrogens (tertiary/aromatic N) is 6. The molecule has 8 heteroatoms. The monoisotopic (exact) mass is 372 g/mol. The minimum absolute atomic E-state index is 0.127. The Labute approximate surface area is 159 Å². The van der Waals surface area contributed by atoms with Crippen LogP contribution in [-0.4, -0.2) is 89.8 Å². The second-order valence-electron chi connectivity index (χ2n) is 7.37. The quantitative estimate of drug-likeness (QED) is 0.771. The molecule has 2 aromatic rings. The SMILES string of the molecule is COCCN1CCC[C@@H](C(=O)N2CCN(c3ccc4nccn4n3)CC2)C1. The summed E-state index contributed by atoms with van der Waals surface area (Å²) in [4.78, 5) is 23.9. The van der Waals surface area contributed by atoms with Crippen molar-refractivity contribution >= 4 is 17.4 Å². The van der Waals surface area contributed by atoms with E-state index in [1.165, 1.54) is 0 Å². The van der Waals surface area contributed by atoms with Crippen LogP contribution in [-0.2, 0) is 9.53 Å². The van der Waals surface area contributed by atoms with Crippen LogP contribution in [0.5, 0.6) is 0 Å². The van der Waals surface area contributed by atoms with Crippen molar-refractivity contribution in [2.24, 2.45) is 5.92 Å². The number of piperidine rings is 1. The Hall–Kier alpha value is -2.19. The van der Waals surface area contributed by atoms with E-state index in [1.54, 1.807) is 17.8 Å². The lowest BCUT2D eigenvalue weighted by Crippen LogP contribution is -2.53. The Morgan fingerprint density at radius 2 is 2.07 bits per heavy atom. The van der Waals surface area contributed by atoms with Crippen LogP contribution in [0.1, 0.15) is 12.8 Å². The molecule has 1 atom stereocenters. The van der Waals surface area contributed by atoms with E-state index in [-0.39, 0.29) is 5.92 Å². The highest BCUT2D eigenvalue weighted by Crippen LogP contribution is 2.21. The first-order valence-corrected chi connectivity index (χ1v) is 9.80. The molecular weight excluding hydrogens is 344 g/mol. The van der Waals surface area contributed by atoms with Gasteiger partial charge in [-0.15, -0.1) is 5.10 Å². The van der Waals surface area contributed by atoms with Gasteiger partial charge in [-0.1, -0.05) is 0 Å². The van der Waals surface area contributed by atoms with E-state index >= 15 is 0 Å². The molecule has 2 aromatic heterocycles. The highest BCUT2D eigenvalue weighted by atomic mass is 16.5. The number of rotatable bonds is 5. The smallest absolute Gasteiger partial charge is 0.227 e. The predicted molar refractivity (Wildman–Crippen MR) is 103 cm³/mol. The van der Waals surface area contributed by atoms with Crippen LogP contribution in [0.25, 0.3) is 5.65 Å². The van der Waals surface area contributed by atoms with Gasteiger partial charge in [-0.3, -0.25) is 4.79 Å². The molecule has 2 saturated heterocycles. The summed E-state index contributed by atoms with van der Waals surface area (Å²) in [5.74, 6) is 1.38. The highest BCUT2D eigenvalue weighted by Gasteiger charge is 2.31. The van der Waals surface area contributed by atoms with Crippen molar-refractivity contribution in [2.75, 3.05) is 64.4 Å². The molecule has 4 rings (SSSR count). The third kappa shape index (κ3) is 4.06. The van der Waals surface area contributed by atoms with E-state index in [1.807, 2.05) is 23.2 Å². The fraction of sp³-hybridized carbons (Fsp3) is 0.632. The molecule has 4 heterocycles. The molecule has 2 fully saturated rings. The number of likely N-dealkylation sites (tertiary alicyclic amines) is 1. The minimum atomic E-state index is 0.127. The lowest BCUT2D eigenvalue weighted by Gasteiger charge is -2.39. The second kappa shape index (κ2) is 8.22.